The van der Waals surface area contributed by atoms with E-state index in [2.05, 4.69) is 19.9 Å². The van der Waals surface area contributed by atoms with Crippen molar-refractivity contribution in [2.75, 3.05) is 0 Å². The Kier molecular flexibility index (Phi) is 3.60. The average molecular weight is 323 g/mol. The van der Waals surface area contributed by atoms with E-state index in [0.717, 1.165) is 18.7 Å². The van der Waals surface area contributed by atoms with Crippen LogP contribution in [0.5, 0.6) is 0 Å². The topological polar surface area (TPSA) is 81.8 Å². The number of carbonyl (C=O) groups excluding carboxylic acids is 1. The highest BCUT2D eigenvalue weighted by molar-refractivity contribution is 5.79. The van der Waals surface area contributed by atoms with Gasteiger partial charge < -0.3 is 9.88 Å². The summed E-state index contributed by atoms with van der Waals surface area (Å²) in [5, 5.41) is 3.52. The molecular weight excluding hydrogens is 306 g/mol. The molecule has 0 spiro atoms. The van der Waals surface area contributed by atoms with E-state index in [1.165, 1.54) is 10.9 Å². The number of amides is 1. The summed E-state index contributed by atoms with van der Waals surface area (Å²) in [6.07, 6.45) is 6.83. The lowest BCUT2D eigenvalue weighted by molar-refractivity contribution is -0.122. The Morgan fingerprint density at radius 2 is 2.17 bits per heavy atom. The first-order chi connectivity index (χ1) is 11.7. The highest BCUT2D eigenvalue weighted by Crippen LogP contribution is 2.13. The third kappa shape index (κ3) is 2.68. The lowest BCUT2D eigenvalue weighted by Gasteiger charge is -2.24. The van der Waals surface area contributed by atoms with Crippen LogP contribution in [0.3, 0.4) is 0 Å². The van der Waals surface area contributed by atoms with E-state index in [1.807, 2.05) is 12.3 Å². The third-order valence-corrected chi connectivity index (χ3v) is 4.35. The van der Waals surface area contributed by atoms with Gasteiger partial charge in [0.25, 0.3) is 5.56 Å². The van der Waals surface area contributed by atoms with E-state index >= 15 is 0 Å². The Morgan fingerprint density at radius 3 is 3.08 bits per heavy atom. The van der Waals surface area contributed by atoms with Crippen molar-refractivity contribution < 1.29 is 4.79 Å². The molecule has 0 radical (unpaired) electrons. The number of rotatable bonds is 3. The highest BCUT2D eigenvalue weighted by atomic mass is 16.2. The summed E-state index contributed by atoms with van der Waals surface area (Å²) in [7, 11) is 0. The Morgan fingerprint density at radius 1 is 1.29 bits per heavy atom. The van der Waals surface area contributed by atoms with Crippen molar-refractivity contribution in [2.45, 2.75) is 32.0 Å². The molecule has 122 valence electrons. The number of fused-ring (bicyclic) bond motifs is 2. The smallest absolute Gasteiger partial charge is 0.261 e. The molecule has 24 heavy (non-hydrogen) atoms. The minimum absolute atomic E-state index is 0.0239. The summed E-state index contributed by atoms with van der Waals surface area (Å²) >= 11 is 0. The molecule has 0 fully saturated rings. The van der Waals surface area contributed by atoms with Crippen LogP contribution in [0.4, 0.5) is 0 Å². The number of aromatic nitrogens is 4. The molecule has 7 heteroatoms. The maximum absolute atomic E-state index is 12.4. The molecular formula is C17H17N5O2. The summed E-state index contributed by atoms with van der Waals surface area (Å²) in [5.74, 6) is 0.873. The number of carbonyl (C=O) groups is 1. The van der Waals surface area contributed by atoms with Gasteiger partial charge in [0, 0.05) is 31.4 Å². The molecule has 2 aromatic heterocycles. The Hall–Kier alpha value is -2.96. The first-order valence-corrected chi connectivity index (χ1v) is 7.94. The van der Waals surface area contributed by atoms with Crippen LogP contribution in [0.1, 0.15) is 12.2 Å². The Bertz CT molecular complexity index is 959. The lowest BCUT2D eigenvalue weighted by atomic mass is 10.1. The van der Waals surface area contributed by atoms with Gasteiger partial charge in [-0.1, -0.05) is 12.1 Å². The summed E-state index contributed by atoms with van der Waals surface area (Å²) in [5.41, 5.74) is 0.440. The Balaban J connectivity index is 1.47. The Labute approximate surface area is 138 Å². The van der Waals surface area contributed by atoms with Gasteiger partial charge in [-0.3, -0.25) is 14.2 Å². The molecule has 4 rings (SSSR count). The van der Waals surface area contributed by atoms with Crippen LogP contribution in [-0.4, -0.2) is 31.1 Å². The number of hydrogen-bond donors (Lipinski definition) is 1. The average Bonchev–Trinajstić information content (AvgIpc) is 3.05. The maximum Gasteiger partial charge on any atom is 0.261 e. The third-order valence-electron chi connectivity index (χ3n) is 4.35. The van der Waals surface area contributed by atoms with Crippen LogP contribution in [0.25, 0.3) is 10.9 Å². The molecule has 1 aliphatic rings. The van der Waals surface area contributed by atoms with Gasteiger partial charge in [-0.05, 0) is 18.6 Å². The van der Waals surface area contributed by atoms with Gasteiger partial charge in [0.15, 0.2) is 0 Å². The molecule has 0 aliphatic carbocycles. The fourth-order valence-electron chi connectivity index (χ4n) is 3.13. The molecule has 1 aliphatic heterocycles. The fourth-order valence-corrected chi connectivity index (χ4v) is 3.13. The molecule has 0 bridgehead atoms. The van der Waals surface area contributed by atoms with E-state index in [9.17, 15) is 9.59 Å². The van der Waals surface area contributed by atoms with Crippen molar-refractivity contribution in [2.24, 2.45) is 0 Å². The molecule has 3 heterocycles. The van der Waals surface area contributed by atoms with E-state index < -0.39 is 0 Å². The first-order valence-electron chi connectivity index (χ1n) is 7.94. The number of nitrogens with zero attached hydrogens (tertiary/aromatic N) is 4. The van der Waals surface area contributed by atoms with Gasteiger partial charge in [-0.15, -0.1) is 0 Å². The SMILES string of the molecule is O=C(Cn1cnc2ccccc2c1=O)N[C@H]1CCc2nccn2C1. The number of imidazole rings is 1. The van der Waals surface area contributed by atoms with Crippen LogP contribution >= 0.6 is 0 Å². The number of benzene rings is 1. The van der Waals surface area contributed by atoms with Gasteiger partial charge in [-0.2, -0.15) is 0 Å². The molecule has 0 saturated carbocycles. The molecule has 1 N–H and O–H groups in total. The summed E-state index contributed by atoms with van der Waals surface area (Å²) in [6.45, 7) is 0.690. The van der Waals surface area contributed by atoms with Crippen molar-refractivity contribution in [3.05, 3.63) is 59.2 Å². The molecule has 3 aromatic rings. The largest absolute Gasteiger partial charge is 0.350 e. The maximum atomic E-state index is 12.4. The van der Waals surface area contributed by atoms with Crippen molar-refractivity contribution in [3.63, 3.8) is 0 Å². The van der Waals surface area contributed by atoms with Gasteiger partial charge in [0.05, 0.1) is 17.2 Å². The second-order valence-corrected chi connectivity index (χ2v) is 5.99. The van der Waals surface area contributed by atoms with Crippen molar-refractivity contribution in [1.82, 2.24) is 24.4 Å². The molecule has 0 unspecified atom stereocenters. The minimum Gasteiger partial charge on any atom is -0.350 e. The number of aryl methyl sites for hydroxylation is 1. The second-order valence-electron chi connectivity index (χ2n) is 5.99. The predicted octanol–water partition coefficient (Wildman–Crippen LogP) is 0.724. The van der Waals surface area contributed by atoms with Crippen LogP contribution in [-0.2, 0) is 24.3 Å². The first kappa shape index (κ1) is 14.6. The van der Waals surface area contributed by atoms with Gasteiger partial charge >= 0.3 is 0 Å². The van der Waals surface area contributed by atoms with Crippen LogP contribution < -0.4 is 10.9 Å². The zero-order valence-electron chi connectivity index (χ0n) is 13.1. The summed E-state index contributed by atoms with van der Waals surface area (Å²) in [4.78, 5) is 33.2. The normalized spacial score (nSPS) is 16.8. The molecule has 0 saturated heterocycles. The summed E-state index contributed by atoms with van der Waals surface area (Å²) < 4.78 is 3.40. The molecule has 1 aromatic carbocycles. The van der Waals surface area contributed by atoms with E-state index in [0.29, 0.717) is 17.4 Å². The molecule has 1 atom stereocenters. The minimum atomic E-state index is -0.198. The van der Waals surface area contributed by atoms with Crippen LogP contribution in [0, 0.1) is 0 Å². The van der Waals surface area contributed by atoms with E-state index in [1.54, 1.807) is 24.4 Å². The van der Waals surface area contributed by atoms with Crippen molar-refractivity contribution in [1.29, 1.82) is 0 Å². The zero-order chi connectivity index (χ0) is 16.5. The van der Waals surface area contributed by atoms with Gasteiger partial charge in [0.2, 0.25) is 5.91 Å². The van der Waals surface area contributed by atoms with Gasteiger partial charge in [-0.25, -0.2) is 9.97 Å². The second kappa shape index (κ2) is 5.92. The number of nitrogens with one attached hydrogen (secondary N) is 1. The van der Waals surface area contributed by atoms with E-state index in [4.69, 9.17) is 0 Å². The number of hydrogen-bond acceptors (Lipinski definition) is 4. The van der Waals surface area contributed by atoms with Crippen LogP contribution in [0.15, 0.2) is 47.8 Å². The molecule has 1 amide bonds. The van der Waals surface area contributed by atoms with Gasteiger partial charge in [0.1, 0.15) is 12.4 Å². The van der Waals surface area contributed by atoms with E-state index in [-0.39, 0.29) is 24.1 Å². The predicted molar refractivity (Wildman–Crippen MR) is 88.5 cm³/mol. The standard InChI is InChI=1S/C17H17N5O2/c23-16(20-12-5-6-15-18-7-8-21(15)9-12)10-22-11-19-14-4-2-1-3-13(14)17(22)24/h1-4,7-8,11-12H,5-6,9-10H2,(H,20,23)/t12-/m0/s1. The fraction of sp³-hybridized carbons (Fsp3) is 0.294. The van der Waals surface area contributed by atoms with Crippen LogP contribution in [0.2, 0.25) is 0 Å². The van der Waals surface area contributed by atoms with Crippen molar-refractivity contribution in [3.8, 4) is 0 Å². The monoisotopic (exact) mass is 323 g/mol. The zero-order valence-corrected chi connectivity index (χ0v) is 13.1. The number of para-hydroxylation sites is 1. The molecule has 7 nitrogen and oxygen atoms in total. The summed E-state index contributed by atoms with van der Waals surface area (Å²) in [6, 6.07) is 7.19. The lowest BCUT2D eigenvalue weighted by Crippen LogP contribution is -2.43. The highest BCUT2D eigenvalue weighted by Gasteiger charge is 2.20. The van der Waals surface area contributed by atoms with Crippen molar-refractivity contribution >= 4 is 16.8 Å². The quantitative estimate of drug-likeness (QED) is 0.770.